The van der Waals surface area contributed by atoms with Crippen molar-refractivity contribution in [1.82, 2.24) is 4.90 Å². The Hall–Kier alpha value is -2.06. The number of aliphatic carboxylic acids is 1. The number of methoxy groups -OCH3 is 1. The van der Waals surface area contributed by atoms with E-state index in [9.17, 15) is 9.59 Å². The van der Waals surface area contributed by atoms with Crippen molar-refractivity contribution in [2.45, 2.75) is 58.3 Å². The first kappa shape index (κ1) is 25.2. The van der Waals surface area contributed by atoms with Crippen LogP contribution in [-0.4, -0.2) is 46.5 Å². The molecule has 0 unspecified atom stereocenters. The smallest absolute Gasteiger partial charge is 0.303 e. The van der Waals surface area contributed by atoms with Gasteiger partial charge in [-0.1, -0.05) is 69.1 Å². The Morgan fingerprint density at radius 2 is 1.90 bits per heavy atom. The van der Waals surface area contributed by atoms with Crippen molar-refractivity contribution in [3.8, 4) is 11.5 Å². The second-order valence-corrected chi connectivity index (χ2v) is 9.03. The van der Waals surface area contributed by atoms with Crippen LogP contribution in [0.2, 0.25) is 0 Å². The molecule has 1 aromatic rings. The van der Waals surface area contributed by atoms with Crippen LogP contribution in [-0.2, 0) is 9.59 Å². The van der Waals surface area contributed by atoms with Crippen molar-refractivity contribution in [3.63, 3.8) is 0 Å². The molecule has 1 saturated heterocycles. The van der Waals surface area contributed by atoms with Crippen LogP contribution in [0.5, 0.6) is 11.5 Å². The lowest BCUT2D eigenvalue weighted by molar-refractivity contribution is -0.137. The average Bonchev–Trinajstić information content (AvgIpc) is 3.00. The topological polar surface area (TPSA) is 76.1 Å². The summed E-state index contributed by atoms with van der Waals surface area (Å²) in [4.78, 5) is 25.3. The van der Waals surface area contributed by atoms with Crippen LogP contribution in [0.3, 0.4) is 0 Å². The number of thioether (sulfide) groups is 1. The Bertz CT molecular complexity index is 809. The summed E-state index contributed by atoms with van der Waals surface area (Å²) in [6, 6.07) is 5.58. The molecule has 1 N–H and O–H groups in total. The zero-order valence-electron chi connectivity index (χ0n) is 18.2. The number of rotatable bonds is 14. The van der Waals surface area contributed by atoms with Crippen LogP contribution in [0.15, 0.2) is 23.1 Å². The van der Waals surface area contributed by atoms with Gasteiger partial charge in [-0.05, 0) is 36.6 Å². The van der Waals surface area contributed by atoms with Gasteiger partial charge in [0, 0.05) is 13.0 Å². The van der Waals surface area contributed by atoms with E-state index in [2.05, 4.69) is 6.92 Å². The summed E-state index contributed by atoms with van der Waals surface area (Å²) in [6.07, 6.45) is 9.37. The van der Waals surface area contributed by atoms with Crippen LogP contribution >= 0.6 is 24.0 Å². The molecule has 1 aliphatic rings. The molecule has 8 heteroatoms. The van der Waals surface area contributed by atoms with Crippen LogP contribution in [0.1, 0.15) is 63.9 Å². The van der Waals surface area contributed by atoms with Crippen molar-refractivity contribution in [2.75, 3.05) is 20.3 Å². The molecular formula is C23H31NO5S2. The van der Waals surface area contributed by atoms with Crippen molar-refractivity contribution < 1.29 is 24.2 Å². The Morgan fingerprint density at radius 1 is 1.16 bits per heavy atom. The molecule has 6 nitrogen and oxygen atoms in total. The Morgan fingerprint density at radius 3 is 2.61 bits per heavy atom. The number of amides is 1. The van der Waals surface area contributed by atoms with Gasteiger partial charge in [-0.15, -0.1) is 0 Å². The summed E-state index contributed by atoms with van der Waals surface area (Å²) in [7, 11) is 1.60. The number of carboxylic acids is 1. The van der Waals surface area contributed by atoms with Gasteiger partial charge in [0.15, 0.2) is 11.5 Å². The summed E-state index contributed by atoms with van der Waals surface area (Å²) < 4.78 is 11.8. The van der Waals surface area contributed by atoms with E-state index < -0.39 is 5.97 Å². The molecule has 1 aliphatic heterocycles. The number of carbonyl (C=O) groups is 2. The minimum atomic E-state index is -0.883. The van der Waals surface area contributed by atoms with Gasteiger partial charge >= 0.3 is 5.97 Å². The number of thiocarbonyl (C=S) groups is 1. The van der Waals surface area contributed by atoms with Gasteiger partial charge in [0.2, 0.25) is 0 Å². The van der Waals surface area contributed by atoms with Crippen LogP contribution in [0.25, 0.3) is 6.08 Å². The molecule has 0 aromatic heterocycles. The third-order valence-corrected chi connectivity index (χ3v) is 6.26. The lowest BCUT2D eigenvalue weighted by atomic mass is 10.1. The SMILES string of the molecule is CCCCCCCCOc1ccc(/C=C2\SC(=S)N(CCCC(=O)O)C2=O)cc1OC. The second-order valence-electron chi connectivity index (χ2n) is 7.36. The molecule has 0 radical (unpaired) electrons. The highest BCUT2D eigenvalue weighted by Gasteiger charge is 2.31. The third kappa shape index (κ3) is 8.18. The summed E-state index contributed by atoms with van der Waals surface area (Å²) >= 11 is 6.51. The molecule has 1 aromatic carbocycles. The highest BCUT2D eigenvalue weighted by atomic mass is 32.2. The molecule has 1 amide bonds. The molecule has 31 heavy (non-hydrogen) atoms. The van der Waals surface area contributed by atoms with Gasteiger partial charge in [0.1, 0.15) is 4.32 Å². The standard InChI is InChI=1S/C23H31NO5S2/c1-3-4-5-6-7-8-14-29-18-12-11-17(15-19(18)28-2)16-20-22(27)24(23(30)31-20)13-9-10-21(25)26/h11-12,15-16H,3-10,13-14H2,1-2H3,(H,25,26)/b20-16-. The zero-order valence-corrected chi connectivity index (χ0v) is 19.9. The van der Waals surface area contributed by atoms with E-state index in [1.54, 1.807) is 13.2 Å². The molecular weight excluding hydrogens is 434 g/mol. The van der Waals surface area contributed by atoms with E-state index >= 15 is 0 Å². The Labute approximate surface area is 194 Å². The summed E-state index contributed by atoms with van der Waals surface area (Å²) in [5.41, 5.74) is 0.815. The number of hydrogen-bond donors (Lipinski definition) is 1. The molecule has 0 spiro atoms. The molecule has 1 fully saturated rings. The third-order valence-electron chi connectivity index (χ3n) is 4.89. The van der Waals surface area contributed by atoms with Crippen LogP contribution in [0.4, 0.5) is 0 Å². The monoisotopic (exact) mass is 465 g/mol. The molecule has 170 valence electrons. The highest BCUT2D eigenvalue weighted by Crippen LogP contribution is 2.35. The highest BCUT2D eigenvalue weighted by molar-refractivity contribution is 8.26. The van der Waals surface area contributed by atoms with Crippen molar-refractivity contribution >= 4 is 46.3 Å². The Kier molecular flexibility index (Phi) is 10.9. The molecule has 0 atom stereocenters. The average molecular weight is 466 g/mol. The summed E-state index contributed by atoms with van der Waals surface area (Å²) in [5, 5.41) is 8.77. The van der Waals surface area contributed by atoms with E-state index in [0.29, 0.717) is 40.3 Å². The molecule has 0 aliphatic carbocycles. The zero-order chi connectivity index (χ0) is 22.6. The lowest BCUT2D eigenvalue weighted by Gasteiger charge is -2.13. The largest absolute Gasteiger partial charge is 0.493 e. The summed E-state index contributed by atoms with van der Waals surface area (Å²) in [6.45, 7) is 3.17. The van der Waals surface area contributed by atoms with Gasteiger partial charge in [-0.25, -0.2) is 0 Å². The number of benzene rings is 1. The predicted molar refractivity (Wildman–Crippen MR) is 129 cm³/mol. The van der Waals surface area contributed by atoms with Gasteiger partial charge in [0.25, 0.3) is 5.91 Å². The van der Waals surface area contributed by atoms with Gasteiger partial charge in [-0.3, -0.25) is 14.5 Å². The number of ether oxygens (including phenoxy) is 2. The lowest BCUT2D eigenvalue weighted by Crippen LogP contribution is -2.29. The maximum atomic E-state index is 12.6. The maximum Gasteiger partial charge on any atom is 0.303 e. The number of carbonyl (C=O) groups excluding carboxylic acids is 1. The maximum absolute atomic E-state index is 12.6. The minimum Gasteiger partial charge on any atom is -0.493 e. The van der Waals surface area contributed by atoms with E-state index in [-0.39, 0.29) is 12.3 Å². The fourth-order valence-electron chi connectivity index (χ4n) is 3.19. The number of hydrogen-bond acceptors (Lipinski definition) is 6. The van der Waals surface area contributed by atoms with Crippen LogP contribution in [0, 0.1) is 0 Å². The van der Waals surface area contributed by atoms with Crippen molar-refractivity contribution in [1.29, 1.82) is 0 Å². The second kappa shape index (κ2) is 13.4. The molecule has 2 rings (SSSR count). The van der Waals surface area contributed by atoms with Crippen LogP contribution < -0.4 is 9.47 Å². The molecule has 1 heterocycles. The Balaban J connectivity index is 1.94. The predicted octanol–water partition coefficient (Wildman–Crippen LogP) is 5.50. The quantitative estimate of drug-likeness (QED) is 0.221. The van der Waals surface area contributed by atoms with E-state index in [0.717, 1.165) is 18.4 Å². The van der Waals surface area contributed by atoms with E-state index in [1.807, 2.05) is 18.2 Å². The van der Waals surface area contributed by atoms with Gasteiger partial charge in [-0.2, -0.15) is 0 Å². The fraction of sp³-hybridized carbons (Fsp3) is 0.522. The minimum absolute atomic E-state index is 0.00745. The van der Waals surface area contributed by atoms with Gasteiger partial charge < -0.3 is 14.6 Å². The van der Waals surface area contributed by atoms with E-state index in [4.69, 9.17) is 26.8 Å². The normalized spacial score (nSPS) is 15.0. The molecule has 0 saturated carbocycles. The number of unbranched alkanes of at least 4 members (excludes halogenated alkanes) is 5. The molecule has 0 bridgehead atoms. The van der Waals surface area contributed by atoms with Crippen molar-refractivity contribution in [2.24, 2.45) is 0 Å². The number of carboxylic acid groups (broad SMARTS) is 1. The number of nitrogens with zero attached hydrogens (tertiary/aromatic N) is 1. The van der Waals surface area contributed by atoms with Gasteiger partial charge in [0.05, 0.1) is 18.6 Å². The van der Waals surface area contributed by atoms with Crippen molar-refractivity contribution in [3.05, 3.63) is 28.7 Å². The van der Waals surface area contributed by atoms with E-state index in [1.165, 1.54) is 42.3 Å². The first-order valence-corrected chi connectivity index (χ1v) is 12.0. The first-order valence-electron chi connectivity index (χ1n) is 10.7. The fourth-order valence-corrected chi connectivity index (χ4v) is 4.50. The summed E-state index contributed by atoms with van der Waals surface area (Å²) in [5.74, 6) is 0.237. The first-order chi connectivity index (χ1) is 15.0.